The summed E-state index contributed by atoms with van der Waals surface area (Å²) in [6.45, 7) is 3.18. The molecule has 0 amide bonds. The lowest BCUT2D eigenvalue weighted by atomic mass is 10.1. The summed E-state index contributed by atoms with van der Waals surface area (Å²) in [6, 6.07) is 5.97. The molecule has 0 fully saturated rings. The Bertz CT molecular complexity index is 371. The van der Waals surface area contributed by atoms with E-state index in [0.717, 1.165) is 17.1 Å². The molecule has 4 heteroatoms. The molecule has 1 aromatic carbocycles. The van der Waals surface area contributed by atoms with Gasteiger partial charge >= 0.3 is 0 Å². The van der Waals surface area contributed by atoms with E-state index in [1.165, 1.54) is 31.4 Å². The topological polar surface area (TPSA) is 12.0 Å². The van der Waals surface area contributed by atoms with E-state index in [1.54, 1.807) is 6.07 Å². The maximum Gasteiger partial charge on any atom is 0.0468 e. The fourth-order valence-corrected chi connectivity index (χ4v) is 3.07. The molecule has 19 heavy (non-hydrogen) atoms. The predicted octanol–water partition coefficient (Wildman–Crippen LogP) is 5.57. The molecule has 0 heterocycles. The van der Waals surface area contributed by atoms with Gasteiger partial charge in [-0.05, 0) is 56.0 Å². The lowest BCUT2D eigenvalue weighted by Crippen LogP contribution is -2.20. The van der Waals surface area contributed by atoms with Gasteiger partial charge in [-0.1, -0.05) is 42.1 Å². The van der Waals surface area contributed by atoms with Gasteiger partial charge in [-0.3, -0.25) is 0 Å². The maximum absolute atomic E-state index is 6.19. The first-order chi connectivity index (χ1) is 9.15. The zero-order chi connectivity index (χ0) is 14.1. The summed E-state index contributed by atoms with van der Waals surface area (Å²) >= 11 is 14.0. The van der Waals surface area contributed by atoms with Gasteiger partial charge in [0.15, 0.2) is 0 Å². The molecule has 0 aromatic heterocycles. The van der Waals surface area contributed by atoms with Crippen LogP contribution in [0.15, 0.2) is 18.2 Å². The highest BCUT2D eigenvalue weighted by Crippen LogP contribution is 2.26. The van der Waals surface area contributed by atoms with Crippen molar-refractivity contribution in [3.8, 4) is 0 Å². The van der Waals surface area contributed by atoms with Gasteiger partial charge in [0.05, 0.1) is 0 Å². The number of rotatable bonds is 9. The van der Waals surface area contributed by atoms with Crippen molar-refractivity contribution in [3.63, 3.8) is 0 Å². The summed E-state index contributed by atoms with van der Waals surface area (Å²) in [4.78, 5) is 0. The average molecular weight is 320 g/mol. The average Bonchev–Trinajstić information content (AvgIpc) is 2.37. The zero-order valence-corrected chi connectivity index (χ0v) is 14.0. The predicted molar refractivity (Wildman–Crippen MR) is 89.7 cm³/mol. The minimum Gasteiger partial charge on any atom is -0.310 e. The van der Waals surface area contributed by atoms with E-state index >= 15 is 0 Å². The van der Waals surface area contributed by atoms with Gasteiger partial charge in [-0.2, -0.15) is 11.8 Å². The molecule has 1 rings (SSSR count). The number of benzene rings is 1. The van der Waals surface area contributed by atoms with Crippen molar-refractivity contribution in [1.82, 2.24) is 5.32 Å². The Kier molecular flexibility index (Phi) is 8.97. The van der Waals surface area contributed by atoms with E-state index in [4.69, 9.17) is 23.2 Å². The van der Waals surface area contributed by atoms with E-state index in [-0.39, 0.29) is 6.04 Å². The second-order valence-electron chi connectivity index (χ2n) is 4.75. The molecule has 0 radical (unpaired) electrons. The van der Waals surface area contributed by atoms with Crippen molar-refractivity contribution in [2.45, 2.75) is 38.6 Å². The molecule has 0 saturated carbocycles. The van der Waals surface area contributed by atoms with Crippen molar-refractivity contribution >= 4 is 35.0 Å². The Labute approximate surface area is 131 Å². The molecule has 1 N–H and O–H groups in total. The van der Waals surface area contributed by atoms with Gasteiger partial charge < -0.3 is 5.32 Å². The summed E-state index contributed by atoms with van der Waals surface area (Å²) in [7, 11) is 0. The summed E-state index contributed by atoms with van der Waals surface area (Å²) in [5.41, 5.74) is 1.12. The number of nitrogens with one attached hydrogen (secondary N) is 1. The maximum atomic E-state index is 6.19. The molecule has 1 aromatic rings. The third-order valence-electron chi connectivity index (χ3n) is 3.15. The van der Waals surface area contributed by atoms with Crippen LogP contribution in [0.2, 0.25) is 10.0 Å². The first-order valence-corrected chi connectivity index (χ1v) is 8.97. The van der Waals surface area contributed by atoms with Crippen LogP contribution in [0.3, 0.4) is 0 Å². The fraction of sp³-hybridized carbons (Fsp3) is 0.600. The Morgan fingerprint density at radius 2 is 1.89 bits per heavy atom. The lowest BCUT2D eigenvalue weighted by molar-refractivity contribution is 0.537. The number of hydrogen-bond donors (Lipinski definition) is 1. The van der Waals surface area contributed by atoms with Gasteiger partial charge in [0.1, 0.15) is 0 Å². The first kappa shape index (κ1) is 17.2. The van der Waals surface area contributed by atoms with E-state index in [1.807, 2.05) is 23.9 Å². The largest absolute Gasteiger partial charge is 0.310 e. The normalized spacial score (nSPS) is 12.6. The zero-order valence-electron chi connectivity index (χ0n) is 11.7. The quantitative estimate of drug-likeness (QED) is 0.597. The van der Waals surface area contributed by atoms with Crippen LogP contribution in [0.25, 0.3) is 0 Å². The lowest BCUT2D eigenvalue weighted by Gasteiger charge is -2.15. The molecule has 0 bridgehead atoms. The van der Waals surface area contributed by atoms with Crippen molar-refractivity contribution in [3.05, 3.63) is 33.8 Å². The molecule has 1 unspecified atom stereocenters. The van der Waals surface area contributed by atoms with Crippen molar-refractivity contribution in [2.24, 2.45) is 0 Å². The summed E-state index contributed by atoms with van der Waals surface area (Å²) < 4.78 is 0. The second-order valence-corrected chi connectivity index (χ2v) is 6.58. The van der Waals surface area contributed by atoms with E-state index < -0.39 is 0 Å². The Morgan fingerprint density at radius 1 is 1.16 bits per heavy atom. The highest BCUT2D eigenvalue weighted by atomic mass is 35.5. The third-order valence-corrected chi connectivity index (χ3v) is 4.41. The van der Waals surface area contributed by atoms with Crippen molar-refractivity contribution < 1.29 is 0 Å². The molecule has 1 atom stereocenters. The molecule has 0 aliphatic carbocycles. The van der Waals surface area contributed by atoms with Gasteiger partial charge in [-0.25, -0.2) is 0 Å². The van der Waals surface area contributed by atoms with Crippen LogP contribution in [0.1, 0.15) is 44.2 Å². The van der Waals surface area contributed by atoms with E-state index in [0.29, 0.717) is 5.02 Å². The Balaban J connectivity index is 2.22. The minimum absolute atomic E-state index is 0.274. The molecular formula is C15H23Cl2NS. The number of unbranched alkanes of at least 4 members (excludes halogenated alkanes) is 3. The van der Waals surface area contributed by atoms with E-state index in [9.17, 15) is 0 Å². The van der Waals surface area contributed by atoms with Crippen LogP contribution in [-0.2, 0) is 0 Å². The molecule has 0 spiro atoms. The Hall–Kier alpha value is 0.110. The molecule has 1 nitrogen and oxygen atoms in total. The third kappa shape index (κ3) is 6.89. The minimum atomic E-state index is 0.274. The first-order valence-electron chi connectivity index (χ1n) is 6.82. The van der Waals surface area contributed by atoms with Crippen LogP contribution in [-0.4, -0.2) is 18.6 Å². The van der Waals surface area contributed by atoms with Gasteiger partial charge in [0.25, 0.3) is 0 Å². The van der Waals surface area contributed by atoms with Gasteiger partial charge in [-0.15, -0.1) is 0 Å². The van der Waals surface area contributed by atoms with Gasteiger partial charge in [0.2, 0.25) is 0 Å². The monoisotopic (exact) mass is 319 g/mol. The number of hydrogen-bond acceptors (Lipinski definition) is 2. The highest BCUT2D eigenvalue weighted by molar-refractivity contribution is 7.98. The van der Waals surface area contributed by atoms with Gasteiger partial charge in [0, 0.05) is 16.1 Å². The summed E-state index contributed by atoms with van der Waals surface area (Å²) in [6.07, 6.45) is 7.36. The Morgan fingerprint density at radius 3 is 2.58 bits per heavy atom. The second kappa shape index (κ2) is 9.93. The number of thioether (sulfide) groups is 1. The summed E-state index contributed by atoms with van der Waals surface area (Å²) in [5.74, 6) is 1.28. The van der Waals surface area contributed by atoms with Crippen LogP contribution in [0.5, 0.6) is 0 Å². The molecule has 0 aliphatic rings. The smallest absolute Gasteiger partial charge is 0.0468 e. The number of halogens is 2. The van der Waals surface area contributed by atoms with Crippen LogP contribution < -0.4 is 5.32 Å². The van der Waals surface area contributed by atoms with Crippen LogP contribution >= 0.6 is 35.0 Å². The van der Waals surface area contributed by atoms with Crippen LogP contribution in [0.4, 0.5) is 0 Å². The van der Waals surface area contributed by atoms with Crippen molar-refractivity contribution in [2.75, 3.05) is 18.6 Å². The van der Waals surface area contributed by atoms with Crippen molar-refractivity contribution in [1.29, 1.82) is 0 Å². The molecule has 108 valence electrons. The highest BCUT2D eigenvalue weighted by Gasteiger charge is 2.08. The SMILES string of the molecule is CSCCCCCCNC(C)c1ccc(Cl)cc1Cl. The molecule has 0 saturated heterocycles. The standard InChI is InChI=1S/C15H23Cl2NS/c1-12(14-8-7-13(16)11-15(14)17)18-9-5-3-4-6-10-19-2/h7-8,11-12,18H,3-6,9-10H2,1-2H3. The van der Waals surface area contributed by atoms with Crippen LogP contribution in [0, 0.1) is 0 Å². The summed E-state index contributed by atoms with van der Waals surface area (Å²) in [5, 5.41) is 4.95. The molecular weight excluding hydrogens is 297 g/mol. The van der Waals surface area contributed by atoms with E-state index in [2.05, 4.69) is 18.5 Å². The fourth-order valence-electron chi connectivity index (χ4n) is 2.01. The molecule has 0 aliphatic heterocycles.